The average Bonchev–Trinajstić information content (AvgIpc) is 3.49. The molecule has 3 fully saturated rings. The lowest BCUT2D eigenvalue weighted by atomic mass is 10.2. The topological polar surface area (TPSA) is 124 Å². The van der Waals surface area contributed by atoms with Crippen LogP contribution in [0.3, 0.4) is 0 Å². The summed E-state index contributed by atoms with van der Waals surface area (Å²) in [7, 11) is -3.56. The second kappa shape index (κ2) is 8.39. The number of amides is 5. The number of hydrogen-bond acceptors (Lipinski definition) is 6. The second-order valence-corrected chi connectivity index (χ2v) is 9.91. The molecule has 2 aliphatic heterocycles. The maximum atomic E-state index is 12.6. The third-order valence-electron chi connectivity index (χ3n) is 5.92. The van der Waals surface area contributed by atoms with Crippen molar-refractivity contribution >= 4 is 39.5 Å². The van der Waals surface area contributed by atoms with Crippen LogP contribution < -0.4 is 5.32 Å². The van der Waals surface area contributed by atoms with Gasteiger partial charge in [0.1, 0.15) is 6.54 Å². The largest absolute Gasteiger partial charge is 0.334 e. The van der Waals surface area contributed by atoms with Gasteiger partial charge in [-0.25, -0.2) is 18.1 Å². The van der Waals surface area contributed by atoms with Crippen molar-refractivity contribution in [3.63, 3.8) is 0 Å². The Hall–Kier alpha value is -2.79. The van der Waals surface area contributed by atoms with E-state index in [2.05, 4.69) is 5.32 Å². The molecule has 0 unspecified atom stereocenters. The van der Waals surface area contributed by atoms with Crippen LogP contribution in [-0.2, 0) is 24.4 Å². The van der Waals surface area contributed by atoms with Crippen LogP contribution >= 0.6 is 0 Å². The van der Waals surface area contributed by atoms with E-state index >= 15 is 0 Å². The van der Waals surface area contributed by atoms with Gasteiger partial charge in [-0.1, -0.05) is 12.8 Å². The molecule has 2 saturated heterocycles. The Bertz CT molecular complexity index is 1010. The third-order valence-corrected chi connectivity index (χ3v) is 7.83. The molecule has 166 valence electrons. The zero-order valence-electron chi connectivity index (χ0n) is 17.0. The molecule has 10 nitrogen and oxygen atoms in total. The molecular formula is C20H24N4O6S. The van der Waals surface area contributed by atoms with Crippen LogP contribution in [0.25, 0.3) is 0 Å². The van der Waals surface area contributed by atoms with Gasteiger partial charge >= 0.3 is 17.8 Å². The number of sulfonamides is 1. The van der Waals surface area contributed by atoms with Crippen LogP contribution in [0.2, 0.25) is 0 Å². The summed E-state index contributed by atoms with van der Waals surface area (Å²) >= 11 is 0. The SMILES string of the molecule is O=C(CN1C(=O)C(=O)N(C2CCCC2)C1=O)Nc1ccc(S(=O)(=O)N2CCCC2)cc1. The Kier molecular flexibility index (Phi) is 5.80. The highest BCUT2D eigenvalue weighted by molar-refractivity contribution is 7.89. The van der Waals surface area contributed by atoms with Gasteiger partial charge in [0, 0.05) is 24.8 Å². The highest BCUT2D eigenvalue weighted by atomic mass is 32.2. The predicted molar refractivity (Wildman–Crippen MR) is 109 cm³/mol. The maximum absolute atomic E-state index is 12.6. The van der Waals surface area contributed by atoms with Gasteiger partial charge in [0.05, 0.1) is 4.90 Å². The van der Waals surface area contributed by atoms with Crippen LogP contribution in [0.1, 0.15) is 38.5 Å². The molecule has 1 aliphatic carbocycles. The summed E-state index contributed by atoms with van der Waals surface area (Å²) in [6.07, 6.45) is 4.78. The average molecular weight is 449 g/mol. The normalized spacial score (nSPS) is 20.8. The number of carbonyl (C=O) groups is 4. The summed E-state index contributed by atoms with van der Waals surface area (Å²) in [6.45, 7) is 0.408. The first-order valence-electron chi connectivity index (χ1n) is 10.4. The molecule has 0 aromatic heterocycles. The van der Waals surface area contributed by atoms with Crippen LogP contribution in [0.15, 0.2) is 29.2 Å². The summed E-state index contributed by atoms with van der Waals surface area (Å²) in [6, 6.07) is 4.66. The van der Waals surface area contributed by atoms with Gasteiger partial charge in [-0.2, -0.15) is 4.31 Å². The molecule has 31 heavy (non-hydrogen) atoms. The number of imide groups is 2. The van der Waals surface area contributed by atoms with Gasteiger partial charge in [0.2, 0.25) is 15.9 Å². The van der Waals surface area contributed by atoms with Gasteiger partial charge in [0.15, 0.2) is 0 Å². The fraction of sp³-hybridized carbons (Fsp3) is 0.500. The molecule has 4 rings (SSSR count). The van der Waals surface area contributed by atoms with E-state index in [0.717, 1.165) is 30.6 Å². The first kappa shape index (κ1) is 21.4. The summed E-state index contributed by atoms with van der Waals surface area (Å²) in [4.78, 5) is 51.1. The Balaban J connectivity index is 1.39. The van der Waals surface area contributed by atoms with Crippen molar-refractivity contribution in [3.8, 4) is 0 Å². The number of benzene rings is 1. The monoisotopic (exact) mass is 448 g/mol. The Morgan fingerprint density at radius 2 is 1.55 bits per heavy atom. The standard InChI is InChI=1S/C20H24N4O6S/c25-17(13-23-18(26)19(27)24(20(23)28)15-5-1-2-6-15)21-14-7-9-16(10-8-14)31(29,30)22-11-3-4-12-22/h7-10,15H,1-6,11-13H2,(H,21,25). The van der Waals surface area contributed by atoms with Gasteiger partial charge in [-0.05, 0) is 49.9 Å². The van der Waals surface area contributed by atoms with Crippen molar-refractivity contribution in [2.75, 3.05) is 25.0 Å². The number of nitrogens with one attached hydrogen (secondary N) is 1. The van der Waals surface area contributed by atoms with E-state index in [1.54, 1.807) is 0 Å². The van der Waals surface area contributed by atoms with Gasteiger partial charge < -0.3 is 5.32 Å². The van der Waals surface area contributed by atoms with E-state index in [0.29, 0.717) is 36.5 Å². The summed E-state index contributed by atoms with van der Waals surface area (Å²) in [5.74, 6) is -2.54. The van der Waals surface area contributed by atoms with Crippen molar-refractivity contribution in [2.45, 2.75) is 49.5 Å². The highest BCUT2D eigenvalue weighted by Gasteiger charge is 2.48. The highest BCUT2D eigenvalue weighted by Crippen LogP contribution is 2.28. The van der Waals surface area contributed by atoms with Crippen LogP contribution in [0.5, 0.6) is 0 Å². The number of hydrogen-bond donors (Lipinski definition) is 1. The smallest absolute Gasteiger partial charge is 0.325 e. The molecule has 5 amide bonds. The quantitative estimate of drug-likeness (QED) is 0.514. The lowest BCUT2D eigenvalue weighted by Gasteiger charge is -2.20. The minimum Gasteiger partial charge on any atom is -0.325 e. The summed E-state index contributed by atoms with van der Waals surface area (Å²) in [5, 5.41) is 2.53. The van der Waals surface area contributed by atoms with Gasteiger partial charge in [0.25, 0.3) is 0 Å². The molecule has 11 heteroatoms. The molecule has 1 aromatic rings. The second-order valence-electron chi connectivity index (χ2n) is 7.97. The van der Waals surface area contributed by atoms with Gasteiger partial charge in [-0.15, -0.1) is 0 Å². The number of carbonyl (C=O) groups excluding carboxylic acids is 4. The maximum Gasteiger partial charge on any atom is 0.334 e. The number of rotatable bonds is 6. The van der Waals surface area contributed by atoms with Crippen molar-refractivity contribution < 1.29 is 27.6 Å². The lowest BCUT2D eigenvalue weighted by Crippen LogP contribution is -2.41. The molecule has 0 spiro atoms. The van der Waals surface area contributed by atoms with Crippen LogP contribution in [0.4, 0.5) is 10.5 Å². The van der Waals surface area contributed by atoms with Crippen molar-refractivity contribution in [1.29, 1.82) is 0 Å². The minimum absolute atomic E-state index is 0.134. The predicted octanol–water partition coefficient (Wildman–Crippen LogP) is 1.14. The first-order valence-corrected chi connectivity index (χ1v) is 11.8. The molecule has 0 atom stereocenters. The summed E-state index contributed by atoms with van der Waals surface area (Å²) < 4.78 is 26.6. The Labute approximate surface area is 180 Å². The molecule has 1 N–H and O–H groups in total. The first-order chi connectivity index (χ1) is 14.8. The number of anilines is 1. The molecular weight excluding hydrogens is 424 g/mol. The third kappa shape index (κ3) is 4.07. The zero-order chi connectivity index (χ0) is 22.2. The fourth-order valence-electron chi connectivity index (χ4n) is 4.28. The zero-order valence-corrected chi connectivity index (χ0v) is 17.8. The van der Waals surface area contributed by atoms with Crippen LogP contribution in [-0.4, -0.2) is 72.0 Å². The molecule has 2 heterocycles. The van der Waals surface area contributed by atoms with Crippen molar-refractivity contribution in [3.05, 3.63) is 24.3 Å². The molecule has 1 aromatic carbocycles. The van der Waals surface area contributed by atoms with E-state index in [9.17, 15) is 27.6 Å². The van der Waals surface area contributed by atoms with E-state index < -0.39 is 40.3 Å². The lowest BCUT2D eigenvalue weighted by molar-refractivity contribution is -0.144. The minimum atomic E-state index is -3.56. The Morgan fingerprint density at radius 1 is 0.935 bits per heavy atom. The molecule has 0 bridgehead atoms. The summed E-state index contributed by atoms with van der Waals surface area (Å²) in [5.41, 5.74) is 0.323. The van der Waals surface area contributed by atoms with E-state index in [4.69, 9.17) is 0 Å². The molecule has 1 saturated carbocycles. The van der Waals surface area contributed by atoms with Crippen LogP contribution in [0, 0.1) is 0 Å². The molecule has 0 radical (unpaired) electrons. The number of urea groups is 1. The van der Waals surface area contributed by atoms with Crippen molar-refractivity contribution in [2.24, 2.45) is 0 Å². The van der Waals surface area contributed by atoms with E-state index in [1.807, 2.05) is 0 Å². The number of nitrogens with zero attached hydrogens (tertiary/aromatic N) is 3. The molecule has 3 aliphatic rings. The van der Waals surface area contributed by atoms with E-state index in [1.165, 1.54) is 28.6 Å². The fourth-order valence-corrected chi connectivity index (χ4v) is 5.80. The van der Waals surface area contributed by atoms with Crippen molar-refractivity contribution in [1.82, 2.24) is 14.1 Å². The van der Waals surface area contributed by atoms with Gasteiger partial charge in [-0.3, -0.25) is 19.3 Å². The Morgan fingerprint density at radius 3 is 2.16 bits per heavy atom. The van der Waals surface area contributed by atoms with E-state index in [-0.39, 0.29) is 10.9 Å².